The van der Waals surface area contributed by atoms with Crippen LogP contribution in [-0.2, 0) is 16.6 Å². The minimum absolute atomic E-state index is 0.0235. The molecule has 4 nitrogen and oxygen atoms in total. The summed E-state index contributed by atoms with van der Waals surface area (Å²) < 4.78 is 5.50. The van der Waals surface area contributed by atoms with Gasteiger partial charge in [0.15, 0.2) is 0 Å². The predicted molar refractivity (Wildman–Crippen MR) is 105 cm³/mol. The van der Waals surface area contributed by atoms with Crippen LogP contribution >= 0.6 is 11.3 Å². The second-order valence-corrected chi connectivity index (χ2v) is 7.84. The van der Waals surface area contributed by atoms with Gasteiger partial charge in [0.05, 0.1) is 23.2 Å². The molecule has 1 N–H and O–H groups in total. The van der Waals surface area contributed by atoms with Gasteiger partial charge in [-0.15, -0.1) is 11.3 Å². The number of hydrogen-bond acceptors (Lipinski definition) is 4. The van der Waals surface area contributed by atoms with Crippen LogP contribution in [0.4, 0.5) is 5.69 Å². The van der Waals surface area contributed by atoms with Crippen molar-refractivity contribution in [2.45, 2.75) is 25.7 Å². The van der Waals surface area contributed by atoms with E-state index in [1.54, 1.807) is 18.4 Å². The molecular formula is C21H20N2O2S. The summed E-state index contributed by atoms with van der Waals surface area (Å²) in [6.07, 6.45) is 0.589. The Morgan fingerprint density at radius 1 is 1.23 bits per heavy atom. The third-order valence-electron chi connectivity index (χ3n) is 4.98. The van der Waals surface area contributed by atoms with Gasteiger partial charge in [0.1, 0.15) is 5.75 Å². The van der Waals surface area contributed by atoms with Crippen molar-refractivity contribution < 1.29 is 9.53 Å². The van der Waals surface area contributed by atoms with Crippen LogP contribution in [0.5, 0.6) is 5.75 Å². The summed E-state index contributed by atoms with van der Waals surface area (Å²) in [5, 5.41) is 6.08. The van der Waals surface area contributed by atoms with Crippen molar-refractivity contribution in [2.24, 2.45) is 0 Å². The molecular weight excluding hydrogens is 344 g/mol. The minimum Gasteiger partial charge on any atom is -0.496 e. The molecule has 1 atom stereocenters. The first kappa shape index (κ1) is 16.8. The van der Waals surface area contributed by atoms with Gasteiger partial charge in [-0.1, -0.05) is 24.3 Å². The molecule has 2 heterocycles. The molecule has 5 heteroatoms. The Labute approximate surface area is 156 Å². The smallest absolute Gasteiger partial charge is 0.235 e. The van der Waals surface area contributed by atoms with Crippen LogP contribution in [0.1, 0.15) is 23.2 Å². The van der Waals surface area contributed by atoms with Crippen molar-refractivity contribution >= 4 is 22.9 Å². The Balaban J connectivity index is 1.79. The highest BCUT2D eigenvalue weighted by Crippen LogP contribution is 2.43. The van der Waals surface area contributed by atoms with Crippen LogP contribution in [-0.4, -0.2) is 18.0 Å². The summed E-state index contributed by atoms with van der Waals surface area (Å²) in [5.74, 6) is 0.844. The molecule has 26 heavy (non-hydrogen) atoms. The number of carbonyl (C=O) groups excluding carboxylic acids is 1. The Morgan fingerprint density at radius 2 is 2.04 bits per heavy atom. The topological polar surface area (TPSA) is 51.2 Å². The highest BCUT2D eigenvalue weighted by molar-refractivity contribution is 7.09. The predicted octanol–water partition coefficient (Wildman–Crippen LogP) is 4.58. The molecule has 1 amide bonds. The van der Waals surface area contributed by atoms with Gasteiger partial charge in [-0.2, -0.15) is 0 Å². The van der Waals surface area contributed by atoms with Crippen molar-refractivity contribution in [2.75, 3.05) is 12.4 Å². The maximum atomic E-state index is 12.8. The van der Waals surface area contributed by atoms with Gasteiger partial charge in [0.25, 0.3) is 0 Å². The van der Waals surface area contributed by atoms with Crippen LogP contribution in [0.3, 0.4) is 0 Å². The SMILES string of the molecule is COc1ccccc1-c1ccc2c(c1)C(C)(Cc1csc(C)n1)C(=O)N2. The number of aromatic nitrogens is 1. The zero-order valence-corrected chi connectivity index (χ0v) is 15.8. The number of nitrogens with one attached hydrogen (secondary N) is 1. The molecule has 1 aromatic heterocycles. The highest BCUT2D eigenvalue weighted by atomic mass is 32.1. The summed E-state index contributed by atoms with van der Waals surface area (Å²) in [6.45, 7) is 3.98. The van der Waals surface area contributed by atoms with Crippen LogP contribution in [0.25, 0.3) is 11.1 Å². The average molecular weight is 364 g/mol. The lowest BCUT2D eigenvalue weighted by Crippen LogP contribution is -2.33. The number of carbonyl (C=O) groups is 1. The summed E-state index contributed by atoms with van der Waals surface area (Å²) in [4.78, 5) is 17.3. The number of thiazole rings is 1. The van der Waals surface area contributed by atoms with E-state index < -0.39 is 5.41 Å². The van der Waals surface area contributed by atoms with E-state index in [0.29, 0.717) is 6.42 Å². The molecule has 0 fully saturated rings. The van der Waals surface area contributed by atoms with Gasteiger partial charge in [0, 0.05) is 23.1 Å². The van der Waals surface area contributed by atoms with E-state index in [4.69, 9.17) is 4.74 Å². The largest absolute Gasteiger partial charge is 0.496 e. The summed E-state index contributed by atoms with van der Waals surface area (Å²) in [5.41, 5.74) is 4.27. The molecule has 0 aliphatic carbocycles. The van der Waals surface area contributed by atoms with Gasteiger partial charge in [0.2, 0.25) is 5.91 Å². The molecule has 0 radical (unpaired) electrons. The molecule has 4 rings (SSSR count). The fourth-order valence-corrected chi connectivity index (χ4v) is 4.18. The zero-order chi connectivity index (χ0) is 18.3. The Hall–Kier alpha value is -2.66. The van der Waals surface area contributed by atoms with Crippen LogP contribution in [0, 0.1) is 6.92 Å². The normalized spacial score (nSPS) is 18.5. The van der Waals surface area contributed by atoms with Crippen molar-refractivity contribution in [1.29, 1.82) is 0 Å². The lowest BCUT2D eigenvalue weighted by molar-refractivity contribution is -0.120. The number of benzene rings is 2. The fraction of sp³-hybridized carbons (Fsp3) is 0.238. The number of para-hydroxylation sites is 1. The first-order valence-electron chi connectivity index (χ1n) is 8.51. The number of anilines is 1. The van der Waals surface area contributed by atoms with Gasteiger partial charge in [-0.05, 0) is 43.2 Å². The molecule has 1 aliphatic rings. The van der Waals surface area contributed by atoms with Crippen LogP contribution in [0.15, 0.2) is 47.8 Å². The molecule has 3 aromatic rings. The first-order valence-corrected chi connectivity index (χ1v) is 9.39. The molecule has 2 aromatic carbocycles. The second-order valence-electron chi connectivity index (χ2n) is 6.78. The number of fused-ring (bicyclic) bond motifs is 1. The third kappa shape index (κ3) is 2.69. The summed E-state index contributed by atoms with van der Waals surface area (Å²) >= 11 is 1.61. The van der Waals surface area contributed by atoms with Crippen molar-refractivity contribution in [1.82, 2.24) is 4.98 Å². The monoisotopic (exact) mass is 364 g/mol. The lowest BCUT2D eigenvalue weighted by atomic mass is 9.79. The van der Waals surface area contributed by atoms with E-state index in [-0.39, 0.29) is 5.91 Å². The molecule has 0 saturated carbocycles. The molecule has 0 saturated heterocycles. The van der Waals surface area contributed by atoms with Gasteiger partial charge in [-0.25, -0.2) is 4.98 Å². The second kappa shape index (κ2) is 6.25. The first-order chi connectivity index (χ1) is 12.5. The van der Waals surface area contributed by atoms with E-state index in [1.807, 2.05) is 55.6 Å². The number of nitrogens with zero attached hydrogens (tertiary/aromatic N) is 1. The van der Waals surface area contributed by atoms with Gasteiger partial charge in [-0.3, -0.25) is 4.79 Å². The molecule has 132 valence electrons. The van der Waals surface area contributed by atoms with E-state index in [1.165, 1.54) is 0 Å². The maximum absolute atomic E-state index is 12.8. The summed E-state index contributed by atoms with van der Waals surface area (Å²) in [6, 6.07) is 14.0. The van der Waals surface area contributed by atoms with Crippen LogP contribution in [0.2, 0.25) is 0 Å². The summed E-state index contributed by atoms with van der Waals surface area (Å²) in [7, 11) is 1.67. The van der Waals surface area contributed by atoms with E-state index in [2.05, 4.69) is 16.4 Å². The molecule has 1 unspecified atom stereocenters. The number of amides is 1. The fourth-order valence-electron chi connectivity index (χ4n) is 3.57. The van der Waals surface area contributed by atoms with Gasteiger partial charge < -0.3 is 10.1 Å². The number of methoxy groups -OCH3 is 1. The quantitative estimate of drug-likeness (QED) is 0.737. The number of hydrogen-bond donors (Lipinski definition) is 1. The lowest BCUT2D eigenvalue weighted by Gasteiger charge is -2.22. The number of rotatable bonds is 4. The van der Waals surface area contributed by atoms with E-state index in [9.17, 15) is 4.79 Å². The maximum Gasteiger partial charge on any atom is 0.235 e. The van der Waals surface area contributed by atoms with E-state index in [0.717, 1.165) is 38.8 Å². The van der Waals surface area contributed by atoms with Crippen molar-refractivity contribution in [3.05, 3.63) is 64.1 Å². The highest BCUT2D eigenvalue weighted by Gasteiger charge is 2.43. The van der Waals surface area contributed by atoms with Crippen molar-refractivity contribution in [3.8, 4) is 16.9 Å². The van der Waals surface area contributed by atoms with Gasteiger partial charge >= 0.3 is 0 Å². The number of ether oxygens (including phenoxy) is 1. The Morgan fingerprint density at radius 3 is 2.77 bits per heavy atom. The Kier molecular flexibility index (Phi) is 4.04. The molecule has 0 bridgehead atoms. The average Bonchev–Trinajstić information content (AvgIpc) is 3.16. The minimum atomic E-state index is -0.631. The van der Waals surface area contributed by atoms with Crippen molar-refractivity contribution in [3.63, 3.8) is 0 Å². The number of aryl methyl sites for hydroxylation is 1. The standard InChI is InChI=1S/C21H20N2O2S/c1-13-22-15(12-26-13)11-21(2)17-10-14(8-9-18(17)23-20(21)24)16-6-4-5-7-19(16)25-3/h4-10,12H,11H2,1-3H3,(H,23,24). The van der Waals surface area contributed by atoms with E-state index >= 15 is 0 Å². The van der Waals surface area contributed by atoms with Crippen LogP contribution < -0.4 is 10.1 Å². The third-order valence-corrected chi connectivity index (χ3v) is 5.80. The zero-order valence-electron chi connectivity index (χ0n) is 15.0. The molecule has 1 aliphatic heterocycles. The molecule has 0 spiro atoms. The Bertz CT molecular complexity index is 995.